The second-order valence-electron chi connectivity index (χ2n) is 6.26. The molecule has 0 amide bonds. The largest absolute Gasteiger partial charge is 0.312 e. The average molecular weight is 235 g/mol. The highest BCUT2D eigenvalue weighted by Gasteiger charge is 2.39. The van der Waals surface area contributed by atoms with Crippen LogP contribution in [0.25, 0.3) is 0 Å². The van der Waals surface area contributed by atoms with E-state index in [1.807, 2.05) is 19.1 Å². The Bertz CT molecular complexity index is 406. The van der Waals surface area contributed by atoms with Crippen LogP contribution in [-0.2, 0) is 0 Å². The molecule has 1 aromatic carbocycles. The molecule has 17 heavy (non-hydrogen) atoms. The van der Waals surface area contributed by atoms with Gasteiger partial charge in [0.05, 0.1) is 0 Å². The van der Waals surface area contributed by atoms with E-state index in [2.05, 4.69) is 26.1 Å². The molecule has 2 unspecified atom stereocenters. The summed E-state index contributed by atoms with van der Waals surface area (Å²) >= 11 is 0. The summed E-state index contributed by atoms with van der Waals surface area (Å²) in [4.78, 5) is 0. The summed E-state index contributed by atoms with van der Waals surface area (Å²) in [6, 6.07) is 5.43. The first-order valence-electron chi connectivity index (χ1n) is 6.38. The zero-order valence-corrected chi connectivity index (χ0v) is 11.2. The molecule has 1 aliphatic carbocycles. The topological polar surface area (TPSA) is 12.0 Å². The summed E-state index contributed by atoms with van der Waals surface area (Å²) in [6.45, 7) is 9.50. The van der Waals surface area contributed by atoms with E-state index in [0.717, 1.165) is 24.1 Å². The van der Waals surface area contributed by atoms with Crippen molar-refractivity contribution in [2.24, 2.45) is 5.92 Å². The minimum absolute atomic E-state index is 0.0427. The Hall–Kier alpha value is -0.890. The Morgan fingerprint density at radius 3 is 2.71 bits per heavy atom. The van der Waals surface area contributed by atoms with E-state index in [1.165, 1.54) is 0 Å². The maximum Gasteiger partial charge on any atom is 0.126 e. The molecule has 0 aliphatic heterocycles. The van der Waals surface area contributed by atoms with E-state index in [9.17, 15) is 4.39 Å². The van der Waals surface area contributed by atoms with Crippen molar-refractivity contribution in [3.63, 3.8) is 0 Å². The molecule has 1 fully saturated rings. The molecule has 1 aliphatic rings. The zero-order valence-electron chi connectivity index (χ0n) is 11.2. The summed E-state index contributed by atoms with van der Waals surface area (Å²) in [7, 11) is 0. The van der Waals surface area contributed by atoms with Gasteiger partial charge in [0.25, 0.3) is 0 Å². The van der Waals surface area contributed by atoms with Crippen LogP contribution in [0.4, 0.5) is 4.39 Å². The van der Waals surface area contributed by atoms with E-state index >= 15 is 0 Å². The SMILES string of the molecule is Cc1ccc(F)c(C2CC2CNC(C)(C)C)c1. The van der Waals surface area contributed by atoms with Crippen molar-refractivity contribution in [1.82, 2.24) is 5.32 Å². The van der Waals surface area contributed by atoms with E-state index in [4.69, 9.17) is 0 Å². The molecule has 0 bridgehead atoms. The second-order valence-corrected chi connectivity index (χ2v) is 6.26. The van der Waals surface area contributed by atoms with Crippen molar-refractivity contribution >= 4 is 0 Å². The number of rotatable bonds is 3. The Morgan fingerprint density at radius 2 is 2.06 bits per heavy atom. The highest BCUT2D eigenvalue weighted by atomic mass is 19.1. The molecule has 0 radical (unpaired) electrons. The third-order valence-electron chi connectivity index (χ3n) is 3.37. The Kier molecular flexibility index (Phi) is 3.26. The molecule has 1 saturated carbocycles. The minimum atomic E-state index is -0.0427. The molecule has 0 aromatic heterocycles. The maximum atomic E-state index is 13.7. The van der Waals surface area contributed by atoms with E-state index in [1.54, 1.807) is 6.07 Å². The zero-order chi connectivity index (χ0) is 12.6. The van der Waals surface area contributed by atoms with Crippen LogP contribution in [0, 0.1) is 18.7 Å². The lowest BCUT2D eigenvalue weighted by Crippen LogP contribution is -2.37. The van der Waals surface area contributed by atoms with E-state index in [-0.39, 0.29) is 11.4 Å². The number of hydrogen-bond donors (Lipinski definition) is 1. The van der Waals surface area contributed by atoms with Crippen molar-refractivity contribution < 1.29 is 4.39 Å². The molecule has 1 nitrogen and oxygen atoms in total. The standard InChI is InChI=1S/C15H22FN/c1-10-5-6-14(16)13(7-10)12-8-11(12)9-17-15(2,3)4/h5-7,11-12,17H,8-9H2,1-4H3. The molecular formula is C15H22FN. The van der Waals surface area contributed by atoms with Gasteiger partial charge in [-0.15, -0.1) is 0 Å². The van der Waals surface area contributed by atoms with Crippen LogP contribution in [0.1, 0.15) is 44.2 Å². The van der Waals surface area contributed by atoms with Crippen molar-refractivity contribution in [2.75, 3.05) is 6.54 Å². The van der Waals surface area contributed by atoms with Gasteiger partial charge in [0.1, 0.15) is 5.82 Å². The Morgan fingerprint density at radius 1 is 1.35 bits per heavy atom. The van der Waals surface area contributed by atoms with Crippen LogP contribution in [0.15, 0.2) is 18.2 Å². The van der Waals surface area contributed by atoms with Crippen molar-refractivity contribution in [3.05, 3.63) is 35.1 Å². The van der Waals surface area contributed by atoms with Gasteiger partial charge in [0.15, 0.2) is 0 Å². The predicted octanol–water partition coefficient (Wildman–Crippen LogP) is 3.63. The summed E-state index contributed by atoms with van der Waals surface area (Å²) < 4.78 is 13.7. The Balaban J connectivity index is 1.96. The molecule has 94 valence electrons. The van der Waals surface area contributed by atoms with Crippen LogP contribution in [0.3, 0.4) is 0 Å². The van der Waals surface area contributed by atoms with Gasteiger partial charge in [-0.2, -0.15) is 0 Å². The predicted molar refractivity (Wildman–Crippen MR) is 69.7 cm³/mol. The molecule has 0 heterocycles. The van der Waals surface area contributed by atoms with Gasteiger partial charge in [0.2, 0.25) is 0 Å². The highest BCUT2D eigenvalue weighted by Crippen LogP contribution is 2.48. The van der Waals surface area contributed by atoms with Crippen molar-refractivity contribution in [2.45, 2.75) is 45.6 Å². The third kappa shape index (κ3) is 3.29. The number of halogens is 1. The monoisotopic (exact) mass is 235 g/mol. The number of aryl methyl sites for hydroxylation is 1. The van der Waals surface area contributed by atoms with Crippen molar-refractivity contribution in [3.8, 4) is 0 Å². The van der Waals surface area contributed by atoms with Crippen LogP contribution in [0.2, 0.25) is 0 Å². The fourth-order valence-corrected chi connectivity index (χ4v) is 2.24. The lowest BCUT2D eigenvalue weighted by atomic mass is 10.0. The number of benzene rings is 1. The van der Waals surface area contributed by atoms with Crippen LogP contribution < -0.4 is 5.32 Å². The van der Waals surface area contributed by atoms with Gasteiger partial charge < -0.3 is 5.32 Å². The van der Waals surface area contributed by atoms with Gasteiger partial charge in [-0.05, 0) is 64.1 Å². The fourth-order valence-electron chi connectivity index (χ4n) is 2.24. The van der Waals surface area contributed by atoms with E-state index in [0.29, 0.717) is 11.8 Å². The molecule has 1 aromatic rings. The van der Waals surface area contributed by atoms with Crippen molar-refractivity contribution in [1.29, 1.82) is 0 Å². The van der Waals surface area contributed by atoms with Crippen LogP contribution >= 0.6 is 0 Å². The summed E-state index contributed by atoms with van der Waals surface area (Å²) in [5.41, 5.74) is 2.21. The van der Waals surface area contributed by atoms with Gasteiger partial charge >= 0.3 is 0 Å². The lowest BCUT2D eigenvalue weighted by molar-refractivity contribution is 0.413. The molecule has 2 rings (SSSR count). The lowest BCUT2D eigenvalue weighted by Gasteiger charge is -2.20. The summed E-state index contributed by atoms with van der Waals surface area (Å²) in [6.07, 6.45) is 1.11. The van der Waals surface area contributed by atoms with Gasteiger partial charge in [-0.1, -0.05) is 17.7 Å². The summed E-state index contributed by atoms with van der Waals surface area (Å²) in [5, 5.41) is 3.50. The van der Waals surface area contributed by atoms with Gasteiger partial charge in [0, 0.05) is 5.54 Å². The minimum Gasteiger partial charge on any atom is -0.312 e. The van der Waals surface area contributed by atoms with Gasteiger partial charge in [-0.3, -0.25) is 0 Å². The first kappa shape index (κ1) is 12.6. The first-order valence-corrected chi connectivity index (χ1v) is 6.38. The molecule has 0 spiro atoms. The van der Waals surface area contributed by atoms with Crippen LogP contribution in [-0.4, -0.2) is 12.1 Å². The van der Waals surface area contributed by atoms with Crippen LogP contribution in [0.5, 0.6) is 0 Å². The smallest absolute Gasteiger partial charge is 0.126 e. The average Bonchev–Trinajstić information content (AvgIpc) is 2.97. The number of hydrogen-bond acceptors (Lipinski definition) is 1. The molecule has 2 heteroatoms. The highest BCUT2D eigenvalue weighted by molar-refractivity contribution is 5.31. The maximum absolute atomic E-state index is 13.7. The Labute approximate surface area is 103 Å². The number of nitrogens with one attached hydrogen (secondary N) is 1. The molecular weight excluding hydrogens is 213 g/mol. The third-order valence-corrected chi connectivity index (χ3v) is 3.37. The normalized spacial score (nSPS) is 23.8. The van der Waals surface area contributed by atoms with E-state index < -0.39 is 0 Å². The molecule has 0 saturated heterocycles. The summed E-state index contributed by atoms with van der Waals surface area (Å²) in [5.74, 6) is 0.981. The first-order chi connectivity index (χ1) is 7.87. The quantitative estimate of drug-likeness (QED) is 0.843. The second kappa shape index (κ2) is 4.41. The molecule has 1 N–H and O–H groups in total. The van der Waals surface area contributed by atoms with Gasteiger partial charge in [-0.25, -0.2) is 4.39 Å². The molecule has 2 atom stereocenters. The fraction of sp³-hybridized carbons (Fsp3) is 0.600.